The Morgan fingerprint density at radius 2 is 2.05 bits per heavy atom. The average Bonchev–Trinajstić information content (AvgIpc) is 2.70. The molecule has 0 fully saturated rings. The normalized spacial score (nSPS) is 11.1. The second-order valence-corrected chi connectivity index (χ2v) is 6.00. The third-order valence-corrected chi connectivity index (χ3v) is 4.26. The van der Waals surface area contributed by atoms with Crippen molar-refractivity contribution < 1.29 is 0 Å². The lowest BCUT2D eigenvalue weighted by molar-refractivity contribution is 1.05. The van der Waals surface area contributed by atoms with E-state index >= 15 is 0 Å². The third kappa shape index (κ3) is 2.14. The minimum atomic E-state index is 0.634. The zero-order chi connectivity index (χ0) is 13.6. The van der Waals surface area contributed by atoms with Crippen LogP contribution in [0.1, 0.15) is 5.56 Å². The zero-order valence-corrected chi connectivity index (χ0v) is 13.2. The molecule has 2 aromatic carbocycles. The number of aryl methyl sites for hydroxylation is 1. The van der Waals surface area contributed by atoms with Crippen LogP contribution in [-0.4, -0.2) is 9.55 Å². The van der Waals surface area contributed by atoms with Crippen molar-refractivity contribution in [2.45, 2.75) is 6.92 Å². The second-order valence-electron chi connectivity index (χ2n) is 4.36. The number of para-hydroxylation sites is 1. The van der Waals surface area contributed by atoms with Gasteiger partial charge in [0.15, 0.2) is 4.77 Å². The lowest BCUT2D eigenvalue weighted by Crippen LogP contribution is -1.96. The van der Waals surface area contributed by atoms with Crippen LogP contribution in [0.25, 0.3) is 16.7 Å². The number of benzene rings is 2. The number of halogens is 2. The van der Waals surface area contributed by atoms with Crippen LogP contribution < -0.4 is 0 Å². The summed E-state index contributed by atoms with van der Waals surface area (Å²) in [6.07, 6.45) is 0. The summed E-state index contributed by atoms with van der Waals surface area (Å²) in [5.41, 5.74) is 4.00. The van der Waals surface area contributed by atoms with Gasteiger partial charge in [-0.15, -0.1) is 0 Å². The van der Waals surface area contributed by atoms with Crippen LogP contribution in [0.2, 0.25) is 5.02 Å². The number of fused-ring (bicyclic) bond motifs is 1. The molecule has 3 rings (SSSR count). The van der Waals surface area contributed by atoms with Crippen LogP contribution in [-0.2, 0) is 0 Å². The standard InChI is InChI=1S/C14H10BrClN2S/c1-8-5-6-9(15)12(7-8)18-13-10(16)3-2-4-11(13)17-14(18)19/h2-7H,1H3,(H,17,19). The first-order valence-electron chi connectivity index (χ1n) is 5.73. The molecule has 1 N–H and O–H groups in total. The lowest BCUT2D eigenvalue weighted by atomic mass is 10.2. The molecule has 0 spiro atoms. The monoisotopic (exact) mass is 352 g/mol. The quantitative estimate of drug-likeness (QED) is 0.580. The molecule has 5 heteroatoms. The zero-order valence-electron chi connectivity index (χ0n) is 10.1. The Balaban J connectivity index is 2.46. The highest BCUT2D eigenvalue weighted by atomic mass is 79.9. The van der Waals surface area contributed by atoms with Gasteiger partial charge in [0.05, 0.1) is 21.7 Å². The molecule has 3 aromatic rings. The van der Waals surface area contributed by atoms with Crippen molar-refractivity contribution in [1.29, 1.82) is 0 Å². The summed E-state index contributed by atoms with van der Waals surface area (Å²) in [5.74, 6) is 0. The van der Waals surface area contributed by atoms with Gasteiger partial charge in [-0.2, -0.15) is 0 Å². The number of hydrogen-bond acceptors (Lipinski definition) is 1. The fourth-order valence-corrected chi connectivity index (χ4v) is 3.12. The molecule has 2 nitrogen and oxygen atoms in total. The van der Waals surface area contributed by atoms with Crippen LogP contribution in [0, 0.1) is 11.7 Å². The van der Waals surface area contributed by atoms with Gasteiger partial charge < -0.3 is 4.98 Å². The van der Waals surface area contributed by atoms with Gasteiger partial charge in [-0.1, -0.05) is 23.7 Å². The Hall–Kier alpha value is -1.10. The summed E-state index contributed by atoms with van der Waals surface area (Å²) in [6.45, 7) is 2.05. The number of hydrogen-bond donors (Lipinski definition) is 1. The molecular weight excluding hydrogens is 344 g/mol. The van der Waals surface area contributed by atoms with Gasteiger partial charge in [0.2, 0.25) is 0 Å². The summed E-state index contributed by atoms with van der Waals surface area (Å²) in [5, 5.41) is 0.679. The maximum atomic E-state index is 6.32. The third-order valence-electron chi connectivity index (χ3n) is 3.00. The van der Waals surface area contributed by atoms with E-state index in [0.29, 0.717) is 9.79 Å². The highest BCUT2D eigenvalue weighted by molar-refractivity contribution is 9.10. The Morgan fingerprint density at radius 1 is 1.26 bits per heavy atom. The number of aromatic amines is 1. The molecule has 96 valence electrons. The van der Waals surface area contributed by atoms with Crippen LogP contribution in [0.5, 0.6) is 0 Å². The largest absolute Gasteiger partial charge is 0.330 e. The summed E-state index contributed by atoms with van der Waals surface area (Å²) in [6, 6.07) is 11.9. The van der Waals surface area contributed by atoms with E-state index < -0.39 is 0 Å². The topological polar surface area (TPSA) is 20.7 Å². The maximum absolute atomic E-state index is 6.32. The van der Waals surface area contributed by atoms with Crippen LogP contribution in [0.4, 0.5) is 0 Å². The van der Waals surface area contributed by atoms with E-state index in [-0.39, 0.29) is 0 Å². The Labute approximate surface area is 129 Å². The molecule has 0 saturated carbocycles. The minimum Gasteiger partial charge on any atom is -0.330 e. The molecule has 19 heavy (non-hydrogen) atoms. The van der Waals surface area contributed by atoms with Crippen molar-refractivity contribution in [1.82, 2.24) is 9.55 Å². The number of rotatable bonds is 1. The first-order valence-corrected chi connectivity index (χ1v) is 7.31. The van der Waals surface area contributed by atoms with Gasteiger partial charge in [-0.25, -0.2) is 0 Å². The Morgan fingerprint density at radius 3 is 2.84 bits per heavy atom. The van der Waals surface area contributed by atoms with E-state index in [4.69, 9.17) is 23.8 Å². The molecule has 0 bridgehead atoms. The predicted molar refractivity (Wildman–Crippen MR) is 85.9 cm³/mol. The van der Waals surface area contributed by atoms with Gasteiger partial charge in [-0.3, -0.25) is 4.57 Å². The molecule has 0 atom stereocenters. The van der Waals surface area contributed by atoms with E-state index in [2.05, 4.69) is 33.9 Å². The highest BCUT2D eigenvalue weighted by Gasteiger charge is 2.12. The first-order chi connectivity index (χ1) is 9.08. The first kappa shape index (κ1) is 12.9. The van der Waals surface area contributed by atoms with E-state index in [1.165, 1.54) is 5.56 Å². The van der Waals surface area contributed by atoms with Gasteiger partial charge >= 0.3 is 0 Å². The smallest absolute Gasteiger partial charge is 0.182 e. The van der Waals surface area contributed by atoms with Crippen molar-refractivity contribution in [2.24, 2.45) is 0 Å². The molecular formula is C14H10BrClN2S. The molecule has 0 unspecified atom stereocenters. The van der Waals surface area contributed by atoms with Crippen molar-refractivity contribution in [3.8, 4) is 5.69 Å². The average molecular weight is 354 g/mol. The van der Waals surface area contributed by atoms with Gasteiger partial charge in [0.25, 0.3) is 0 Å². The molecule has 0 radical (unpaired) electrons. The summed E-state index contributed by atoms with van der Waals surface area (Å²) in [7, 11) is 0. The number of imidazole rings is 1. The van der Waals surface area contributed by atoms with Gasteiger partial charge in [0.1, 0.15) is 0 Å². The summed E-state index contributed by atoms with van der Waals surface area (Å²) >= 11 is 15.3. The number of aromatic nitrogens is 2. The number of H-pyrrole nitrogens is 1. The molecule has 0 amide bonds. The summed E-state index contributed by atoms with van der Waals surface area (Å²) in [4.78, 5) is 3.19. The van der Waals surface area contributed by atoms with Crippen LogP contribution >= 0.6 is 39.7 Å². The van der Waals surface area contributed by atoms with Crippen LogP contribution in [0.15, 0.2) is 40.9 Å². The molecule has 0 aliphatic rings. The van der Waals surface area contributed by atoms with Crippen LogP contribution in [0.3, 0.4) is 0 Å². The SMILES string of the molecule is Cc1ccc(Br)c(-n2c(=S)[nH]c3cccc(Cl)c32)c1. The molecule has 1 aromatic heterocycles. The second kappa shape index (κ2) is 4.78. The minimum absolute atomic E-state index is 0.634. The van der Waals surface area contributed by atoms with E-state index in [1.54, 1.807) is 0 Å². The molecule has 1 heterocycles. The number of nitrogens with zero attached hydrogens (tertiary/aromatic N) is 1. The fraction of sp³-hybridized carbons (Fsp3) is 0.0714. The van der Waals surface area contributed by atoms with Crippen molar-refractivity contribution in [3.05, 3.63) is 56.2 Å². The Kier molecular flexibility index (Phi) is 3.25. The molecule has 0 aliphatic carbocycles. The van der Waals surface area contributed by atoms with Crippen molar-refractivity contribution in [2.75, 3.05) is 0 Å². The predicted octanol–water partition coefficient (Wildman–Crippen LogP) is 5.41. The fourth-order valence-electron chi connectivity index (χ4n) is 2.14. The molecule has 0 aliphatic heterocycles. The summed E-state index contributed by atoms with van der Waals surface area (Å²) < 4.78 is 3.58. The Bertz CT molecular complexity index is 835. The van der Waals surface area contributed by atoms with Crippen molar-refractivity contribution in [3.63, 3.8) is 0 Å². The van der Waals surface area contributed by atoms with E-state index in [0.717, 1.165) is 21.2 Å². The molecule has 0 saturated heterocycles. The van der Waals surface area contributed by atoms with Crippen molar-refractivity contribution >= 4 is 50.8 Å². The van der Waals surface area contributed by atoms with Gasteiger partial charge in [-0.05, 0) is 64.9 Å². The van der Waals surface area contributed by atoms with E-state index in [9.17, 15) is 0 Å². The number of nitrogens with one attached hydrogen (secondary N) is 1. The lowest BCUT2D eigenvalue weighted by Gasteiger charge is -2.09. The highest BCUT2D eigenvalue weighted by Crippen LogP contribution is 2.30. The van der Waals surface area contributed by atoms with E-state index in [1.807, 2.05) is 34.9 Å². The maximum Gasteiger partial charge on any atom is 0.182 e. The van der Waals surface area contributed by atoms with Gasteiger partial charge in [0, 0.05) is 4.47 Å².